The van der Waals surface area contributed by atoms with E-state index in [1.807, 2.05) is 0 Å². The lowest BCUT2D eigenvalue weighted by molar-refractivity contribution is 0.205. The van der Waals surface area contributed by atoms with E-state index in [0.29, 0.717) is 11.5 Å². The number of nitrogens with zero attached hydrogens (tertiary/aromatic N) is 2. The molecule has 3 heteroatoms. The van der Waals surface area contributed by atoms with Crippen LogP contribution >= 0.6 is 0 Å². The van der Waals surface area contributed by atoms with E-state index in [0.717, 1.165) is 18.8 Å². The molecule has 18 heavy (non-hydrogen) atoms. The zero-order valence-corrected chi connectivity index (χ0v) is 12.3. The minimum Gasteiger partial charge on any atom is -0.308 e. The van der Waals surface area contributed by atoms with E-state index < -0.39 is 0 Å². The first-order chi connectivity index (χ1) is 8.50. The quantitative estimate of drug-likeness (QED) is 0.887. The molecule has 0 radical (unpaired) electrons. The van der Waals surface area contributed by atoms with Crippen LogP contribution in [0.25, 0.3) is 0 Å². The van der Waals surface area contributed by atoms with Gasteiger partial charge in [0.15, 0.2) is 0 Å². The molecule has 1 N–H and O–H groups in total. The Labute approximate surface area is 111 Å². The molecule has 0 amide bonds. The molecule has 102 valence electrons. The molecule has 0 spiro atoms. The number of nitrogens with one attached hydrogen (secondary N) is 1. The summed E-state index contributed by atoms with van der Waals surface area (Å²) in [5, 5.41) is 8.20. The fourth-order valence-corrected chi connectivity index (χ4v) is 2.87. The van der Waals surface area contributed by atoms with Crippen LogP contribution in [0.4, 0.5) is 0 Å². The first kappa shape index (κ1) is 13.6. The van der Waals surface area contributed by atoms with E-state index in [1.165, 1.54) is 31.4 Å². The Morgan fingerprint density at radius 1 is 1.39 bits per heavy atom. The highest BCUT2D eigenvalue weighted by atomic mass is 15.3. The summed E-state index contributed by atoms with van der Waals surface area (Å²) >= 11 is 0. The molecule has 1 saturated carbocycles. The zero-order chi connectivity index (χ0) is 13.2. The number of hydrogen-bond acceptors (Lipinski definition) is 2. The van der Waals surface area contributed by atoms with Crippen molar-refractivity contribution in [2.24, 2.45) is 5.41 Å². The van der Waals surface area contributed by atoms with Gasteiger partial charge in [-0.15, -0.1) is 0 Å². The van der Waals surface area contributed by atoms with Gasteiger partial charge in [0, 0.05) is 19.1 Å². The lowest BCUT2D eigenvalue weighted by Crippen LogP contribution is -2.35. The van der Waals surface area contributed by atoms with Gasteiger partial charge in [-0.3, -0.25) is 4.68 Å². The molecule has 0 bridgehead atoms. The second-order valence-electron chi connectivity index (χ2n) is 6.41. The van der Waals surface area contributed by atoms with E-state index in [4.69, 9.17) is 0 Å². The molecule has 0 atom stereocenters. The van der Waals surface area contributed by atoms with Crippen LogP contribution in [-0.4, -0.2) is 15.8 Å². The lowest BCUT2D eigenvalue weighted by atomic mass is 9.75. The van der Waals surface area contributed by atoms with Crippen LogP contribution in [0.3, 0.4) is 0 Å². The van der Waals surface area contributed by atoms with E-state index in [9.17, 15) is 0 Å². The summed E-state index contributed by atoms with van der Waals surface area (Å²) in [6.45, 7) is 10.9. The standard InChI is InChI=1S/C15H27N3/c1-5-18-14(10-12(2)17-18)11-16-13-6-8-15(3,4)9-7-13/h10,13,16H,5-9,11H2,1-4H3. The predicted molar refractivity (Wildman–Crippen MR) is 75.5 cm³/mol. The van der Waals surface area contributed by atoms with Crippen LogP contribution in [0.15, 0.2) is 6.07 Å². The third-order valence-corrected chi connectivity index (χ3v) is 4.20. The van der Waals surface area contributed by atoms with Gasteiger partial charge in [-0.25, -0.2) is 0 Å². The van der Waals surface area contributed by atoms with Gasteiger partial charge in [0.05, 0.1) is 11.4 Å². The average Bonchev–Trinajstić information content (AvgIpc) is 2.68. The number of aryl methyl sites for hydroxylation is 2. The Bertz CT molecular complexity index is 382. The first-order valence-electron chi connectivity index (χ1n) is 7.27. The van der Waals surface area contributed by atoms with Gasteiger partial charge < -0.3 is 5.32 Å². The fraction of sp³-hybridized carbons (Fsp3) is 0.800. The molecule has 0 aliphatic heterocycles. The maximum atomic E-state index is 4.49. The highest BCUT2D eigenvalue weighted by Gasteiger charge is 2.26. The minimum absolute atomic E-state index is 0.556. The minimum atomic E-state index is 0.556. The van der Waals surface area contributed by atoms with Crippen molar-refractivity contribution >= 4 is 0 Å². The second kappa shape index (κ2) is 5.43. The summed E-state index contributed by atoms with van der Waals surface area (Å²) < 4.78 is 2.11. The second-order valence-corrected chi connectivity index (χ2v) is 6.41. The summed E-state index contributed by atoms with van der Waals surface area (Å²) in [4.78, 5) is 0. The molecular weight excluding hydrogens is 222 g/mol. The summed E-state index contributed by atoms with van der Waals surface area (Å²) in [5.41, 5.74) is 3.00. The third-order valence-electron chi connectivity index (χ3n) is 4.20. The Morgan fingerprint density at radius 3 is 2.67 bits per heavy atom. The van der Waals surface area contributed by atoms with E-state index in [2.05, 4.69) is 48.9 Å². The maximum Gasteiger partial charge on any atom is 0.0597 e. The molecule has 1 heterocycles. The largest absolute Gasteiger partial charge is 0.308 e. The lowest BCUT2D eigenvalue weighted by Gasteiger charge is -2.34. The van der Waals surface area contributed by atoms with Gasteiger partial charge in [-0.2, -0.15) is 5.10 Å². The van der Waals surface area contributed by atoms with Gasteiger partial charge in [0.25, 0.3) is 0 Å². The first-order valence-corrected chi connectivity index (χ1v) is 7.27. The van der Waals surface area contributed by atoms with Crippen LogP contribution in [0.2, 0.25) is 0 Å². The monoisotopic (exact) mass is 249 g/mol. The topological polar surface area (TPSA) is 29.9 Å². The van der Waals surface area contributed by atoms with E-state index in [1.54, 1.807) is 0 Å². The van der Waals surface area contributed by atoms with Gasteiger partial charge in [-0.05, 0) is 51.0 Å². The van der Waals surface area contributed by atoms with Crippen molar-refractivity contribution in [3.63, 3.8) is 0 Å². The van der Waals surface area contributed by atoms with Crippen LogP contribution in [0.5, 0.6) is 0 Å². The van der Waals surface area contributed by atoms with Gasteiger partial charge in [0.1, 0.15) is 0 Å². The third kappa shape index (κ3) is 3.35. The Hall–Kier alpha value is -0.830. The molecule has 1 fully saturated rings. The Balaban J connectivity index is 1.85. The molecule has 1 aliphatic carbocycles. The van der Waals surface area contributed by atoms with Crippen molar-refractivity contribution in [3.8, 4) is 0 Å². The maximum absolute atomic E-state index is 4.49. The van der Waals surface area contributed by atoms with Crippen molar-refractivity contribution in [1.82, 2.24) is 15.1 Å². The zero-order valence-electron chi connectivity index (χ0n) is 12.3. The predicted octanol–water partition coefficient (Wildman–Crippen LogP) is 3.27. The summed E-state index contributed by atoms with van der Waals surface area (Å²) in [5.74, 6) is 0. The number of hydrogen-bond donors (Lipinski definition) is 1. The van der Waals surface area contributed by atoms with E-state index in [-0.39, 0.29) is 0 Å². The highest BCUT2D eigenvalue weighted by Crippen LogP contribution is 2.35. The summed E-state index contributed by atoms with van der Waals surface area (Å²) in [6, 6.07) is 2.89. The summed E-state index contributed by atoms with van der Waals surface area (Å²) in [7, 11) is 0. The molecule has 2 rings (SSSR count). The van der Waals surface area contributed by atoms with Crippen molar-refractivity contribution < 1.29 is 0 Å². The molecule has 0 saturated heterocycles. The Morgan fingerprint density at radius 2 is 2.06 bits per heavy atom. The van der Waals surface area contributed by atoms with Gasteiger partial charge in [-0.1, -0.05) is 13.8 Å². The molecule has 0 aromatic carbocycles. The van der Waals surface area contributed by atoms with Crippen LogP contribution in [0.1, 0.15) is 57.8 Å². The van der Waals surface area contributed by atoms with Crippen LogP contribution < -0.4 is 5.32 Å². The van der Waals surface area contributed by atoms with Crippen molar-refractivity contribution in [2.75, 3.05) is 0 Å². The molecular formula is C15H27N3. The van der Waals surface area contributed by atoms with Crippen molar-refractivity contribution in [2.45, 2.75) is 72.5 Å². The average molecular weight is 249 g/mol. The molecule has 1 aromatic heterocycles. The van der Waals surface area contributed by atoms with Crippen LogP contribution in [0, 0.1) is 12.3 Å². The van der Waals surface area contributed by atoms with Crippen molar-refractivity contribution in [1.29, 1.82) is 0 Å². The molecule has 1 aromatic rings. The van der Waals surface area contributed by atoms with Crippen molar-refractivity contribution in [3.05, 3.63) is 17.5 Å². The smallest absolute Gasteiger partial charge is 0.0597 e. The highest BCUT2D eigenvalue weighted by molar-refractivity contribution is 5.08. The molecule has 3 nitrogen and oxygen atoms in total. The fourth-order valence-electron chi connectivity index (χ4n) is 2.87. The number of aromatic nitrogens is 2. The summed E-state index contributed by atoms with van der Waals surface area (Å²) in [6.07, 6.45) is 5.31. The van der Waals surface area contributed by atoms with E-state index >= 15 is 0 Å². The van der Waals surface area contributed by atoms with Crippen LogP contribution in [-0.2, 0) is 13.1 Å². The molecule has 0 unspecified atom stereocenters. The Kier molecular flexibility index (Phi) is 4.10. The normalized spacial score (nSPS) is 20.2. The van der Waals surface area contributed by atoms with Gasteiger partial charge in [0.2, 0.25) is 0 Å². The number of rotatable bonds is 4. The SMILES string of the molecule is CCn1nc(C)cc1CNC1CCC(C)(C)CC1. The van der Waals surface area contributed by atoms with Gasteiger partial charge >= 0.3 is 0 Å². The molecule has 1 aliphatic rings.